The second-order valence-corrected chi connectivity index (χ2v) is 13.9. The van der Waals surface area contributed by atoms with Crippen molar-refractivity contribution >= 4 is 17.3 Å². The average molecular weight is 583 g/mol. The Morgan fingerprint density at radius 3 is 1.86 bits per heavy atom. The first kappa shape index (κ1) is 37.5. The Morgan fingerprint density at radius 1 is 0.905 bits per heavy atom. The lowest BCUT2D eigenvalue weighted by atomic mass is 9.38. The van der Waals surface area contributed by atoms with Crippen molar-refractivity contribution in [2.24, 2.45) is 28.1 Å². The lowest BCUT2D eigenvalue weighted by Crippen LogP contribution is -2.71. The Labute approximate surface area is 256 Å². The van der Waals surface area contributed by atoms with Crippen molar-refractivity contribution < 1.29 is 24.2 Å². The zero-order chi connectivity index (χ0) is 32.6. The van der Waals surface area contributed by atoms with E-state index in [9.17, 15) is 19.5 Å². The number of rotatable bonds is 11. The molecule has 0 unspecified atom stereocenters. The highest BCUT2D eigenvalue weighted by Gasteiger charge is 2.75. The Kier molecular flexibility index (Phi) is 13.6. The summed E-state index contributed by atoms with van der Waals surface area (Å²) in [5.74, 6) is -1.93. The minimum absolute atomic E-state index is 0.117. The Hall–Kier alpha value is -2.53. The first-order valence-electron chi connectivity index (χ1n) is 15.4. The molecule has 0 spiro atoms. The molecule has 1 fully saturated rings. The number of carbonyl (C=O) groups is 3. The molecule has 0 aromatic carbocycles. The third kappa shape index (κ3) is 7.33. The highest BCUT2D eigenvalue weighted by Crippen LogP contribution is 2.67. The van der Waals surface area contributed by atoms with Crippen molar-refractivity contribution in [2.75, 3.05) is 14.2 Å². The fourth-order valence-electron chi connectivity index (χ4n) is 6.71. The van der Waals surface area contributed by atoms with E-state index in [0.717, 1.165) is 16.7 Å². The Morgan fingerprint density at radius 2 is 1.40 bits per heavy atom. The summed E-state index contributed by atoms with van der Waals surface area (Å²) in [5, 5.41) is 11.9. The molecule has 2 aliphatic carbocycles. The molecule has 0 aromatic rings. The lowest BCUT2D eigenvalue weighted by molar-refractivity contribution is -0.180. The SMILES string of the molecule is CC(C)=CCC[C@]1(C)[C@@H](CC=C(C)C)C[C@@]2(CC=C(C)C)C(=O)[C@]1(C(=O)C(C)C)C(=O)C(CC=C(C)C)=C2O.COC. The van der Waals surface area contributed by atoms with E-state index >= 15 is 0 Å². The number of fused-ring (bicyclic) bond motifs is 2. The number of ether oxygens (including phenoxy) is 1. The van der Waals surface area contributed by atoms with Crippen LogP contribution in [0.5, 0.6) is 0 Å². The van der Waals surface area contributed by atoms with Crippen LogP contribution in [0, 0.1) is 28.1 Å². The van der Waals surface area contributed by atoms with Crippen molar-refractivity contribution in [1.29, 1.82) is 0 Å². The van der Waals surface area contributed by atoms with Gasteiger partial charge >= 0.3 is 0 Å². The Bertz CT molecular complexity index is 1160. The first-order valence-corrected chi connectivity index (χ1v) is 15.4. The van der Waals surface area contributed by atoms with Gasteiger partial charge in [-0.2, -0.15) is 0 Å². The molecule has 1 N–H and O–H groups in total. The summed E-state index contributed by atoms with van der Waals surface area (Å²) in [7, 11) is 3.25. The molecule has 0 aromatic heterocycles. The molecule has 0 amide bonds. The van der Waals surface area contributed by atoms with E-state index in [0.29, 0.717) is 25.7 Å². The summed E-state index contributed by atoms with van der Waals surface area (Å²) in [6.45, 7) is 21.6. The van der Waals surface area contributed by atoms with Crippen LogP contribution in [0.3, 0.4) is 0 Å². The number of hydrogen-bond donors (Lipinski definition) is 1. The molecule has 0 saturated heterocycles. The molecule has 0 radical (unpaired) electrons. The van der Waals surface area contributed by atoms with Crippen LogP contribution < -0.4 is 0 Å². The fraction of sp³-hybridized carbons (Fsp3) is 0.649. The molecule has 5 nitrogen and oxygen atoms in total. The van der Waals surface area contributed by atoms with E-state index in [1.807, 2.05) is 74.5 Å². The van der Waals surface area contributed by atoms with Crippen LogP contribution in [-0.2, 0) is 19.1 Å². The van der Waals surface area contributed by atoms with Crippen molar-refractivity contribution in [3.63, 3.8) is 0 Å². The van der Waals surface area contributed by atoms with Gasteiger partial charge in [0.05, 0.1) is 5.41 Å². The number of methoxy groups -OCH3 is 1. The lowest BCUT2D eigenvalue weighted by Gasteiger charge is -2.61. The van der Waals surface area contributed by atoms with E-state index in [1.54, 1.807) is 28.1 Å². The molecular weight excluding hydrogens is 524 g/mol. The van der Waals surface area contributed by atoms with Gasteiger partial charge in [-0.05, 0) is 105 Å². The molecule has 0 heterocycles. The van der Waals surface area contributed by atoms with E-state index in [1.165, 1.54) is 5.57 Å². The quantitative estimate of drug-likeness (QED) is 0.194. The largest absolute Gasteiger partial charge is 0.511 e. The smallest absolute Gasteiger partial charge is 0.184 e. The van der Waals surface area contributed by atoms with E-state index in [2.05, 4.69) is 16.9 Å². The number of aliphatic hydroxyl groups is 1. The molecule has 2 aliphatic rings. The normalized spacial score (nSPS) is 26.7. The second-order valence-electron chi connectivity index (χ2n) is 13.9. The van der Waals surface area contributed by atoms with Crippen molar-refractivity contribution in [3.05, 3.63) is 57.9 Å². The minimum Gasteiger partial charge on any atom is -0.511 e. The van der Waals surface area contributed by atoms with Crippen LogP contribution in [0.25, 0.3) is 0 Å². The van der Waals surface area contributed by atoms with Crippen molar-refractivity contribution in [3.8, 4) is 0 Å². The van der Waals surface area contributed by atoms with Gasteiger partial charge in [0.15, 0.2) is 22.8 Å². The highest BCUT2D eigenvalue weighted by molar-refractivity contribution is 6.33. The van der Waals surface area contributed by atoms with Gasteiger partial charge in [-0.3, -0.25) is 14.4 Å². The van der Waals surface area contributed by atoms with Crippen molar-refractivity contribution in [1.82, 2.24) is 0 Å². The number of allylic oxidation sites excluding steroid dienone is 10. The van der Waals surface area contributed by atoms with Gasteiger partial charge in [-0.1, -0.05) is 67.4 Å². The van der Waals surface area contributed by atoms with Crippen LogP contribution in [0.15, 0.2) is 57.9 Å². The molecule has 4 atom stereocenters. The number of ketones is 3. The van der Waals surface area contributed by atoms with Gasteiger partial charge in [-0.15, -0.1) is 0 Å². The molecule has 1 saturated carbocycles. The molecule has 236 valence electrons. The standard InChI is InChI=1S/C35H52O4.C2H6O/c1-22(2)13-12-19-33(11)27(16-14-23(3)4)21-34(20-18-25(7)8)30(37)28(17-15-24(5)6)31(38)35(33,32(34)39)29(36)26(9)10;1-3-2/h13-15,18,26-27,37H,12,16-17,19-21H2,1-11H3;1-2H3/t27-,33+,34+,35-;/m0./s1. The van der Waals surface area contributed by atoms with E-state index in [-0.39, 0.29) is 41.7 Å². The third-order valence-corrected chi connectivity index (χ3v) is 8.98. The van der Waals surface area contributed by atoms with Gasteiger partial charge in [0.25, 0.3) is 0 Å². The summed E-state index contributed by atoms with van der Waals surface area (Å²) >= 11 is 0. The van der Waals surface area contributed by atoms with Gasteiger partial charge < -0.3 is 9.84 Å². The van der Waals surface area contributed by atoms with Gasteiger partial charge in [0.1, 0.15) is 5.76 Å². The van der Waals surface area contributed by atoms with Crippen LogP contribution >= 0.6 is 0 Å². The van der Waals surface area contributed by atoms with Gasteiger partial charge in [0, 0.05) is 25.7 Å². The minimum atomic E-state index is -1.83. The second kappa shape index (κ2) is 15.3. The zero-order valence-electron chi connectivity index (χ0n) is 28.8. The van der Waals surface area contributed by atoms with E-state index < -0.39 is 27.9 Å². The maximum atomic E-state index is 15.0. The Balaban J connectivity index is 0.00000281. The molecule has 42 heavy (non-hydrogen) atoms. The summed E-state index contributed by atoms with van der Waals surface area (Å²) in [4.78, 5) is 44.3. The maximum Gasteiger partial charge on any atom is 0.184 e. The monoisotopic (exact) mass is 582 g/mol. The number of hydrogen-bond acceptors (Lipinski definition) is 5. The molecular formula is C37H58O5. The summed E-state index contributed by atoms with van der Waals surface area (Å²) < 4.78 is 4.25. The zero-order valence-corrected chi connectivity index (χ0v) is 28.8. The van der Waals surface area contributed by atoms with Gasteiger partial charge in [0.2, 0.25) is 0 Å². The third-order valence-electron chi connectivity index (χ3n) is 8.98. The number of Topliss-reactive ketones (excluding diaryl/α,β-unsaturated/α-hetero) is 3. The number of carbonyl (C=O) groups excluding carboxylic acids is 3. The summed E-state index contributed by atoms with van der Waals surface area (Å²) in [6.07, 6.45) is 11.0. The average Bonchev–Trinajstić information content (AvgIpc) is 2.87. The van der Waals surface area contributed by atoms with Crippen LogP contribution in [0.1, 0.15) is 115 Å². The molecule has 2 bridgehead atoms. The summed E-state index contributed by atoms with van der Waals surface area (Å²) in [5.41, 5.74) is 0.583. The number of aliphatic hydroxyl groups excluding tert-OH is 1. The fourth-order valence-corrected chi connectivity index (χ4v) is 6.71. The predicted octanol–water partition coefficient (Wildman–Crippen LogP) is 9.25. The molecule has 2 rings (SSSR count). The van der Waals surface area contributed by atoms with Crippen molar-refractivity contribution in [2.45, 2.75) is 115 Å². The first-order chi connectivity index (χ1) is 19.4. The van der Waals surface area contributed by atoms with Crippen LogP contribution in [0.2, 0.25) is 0 Å². The van der Waals surface area contributed by atoms with Crippen LogP contribution in [-0.4, -0.2) is 36.7 Å². The highest BCUT2D eigenvalue weighted by atomic mass is 16.4. The molecule has 5 heteroatoms. The van der Waals surface area contributed by atoms with Gasteiger partial charge in [-0.25, -0.2) is 0 Å². The summed E-state index contributed by atoms with van der Waals surface area (Å²) in [6, 6.07) is 0. The molecule has 0 aliphatic heterocycles. The van der Waals surface area contributed by atoms with Crippen LogP contribution in [0.4, 0.5) is 0 Å². The topological polar surface area (TPSA) is 80.7 Å². The van der Waals surface area contributed by atoms with E-state index in [4.69, 9.17) is 0 Å². The maximum absolute atomic E-state index is 15.0. The predicted molar refractivity (Wildman–Crippen MR) is 174 cm³/mol.